The molecule has 0 radical (unpaired) electrons. The fourth-order valence-corrected chi connectivity index (χ4v) is 2.11. The lowest BCUT2D eigenvalue weighted by atomic mass is 10.1. The van der Waals surface area contributed by atoms with E-state index in [1.165, 1.54) is 15.5 Å². The Hall–Kier alpha value is -2.11. The van der Waals surface area contributed by atoms with Gasteiger partial charge in [0.25, 0.3) is 5.56 Å². The highest BCUT2D eigenvalue weighted by molar-refractivity contribution is 5.94. The summed E-state index contributed by atoms with van der Waals surface area (Å²) in [7, 11) is 0. The summed E-state index contributed by atoms with van der Waals surface area (Å²) < 4.78 is 1.53. The van der Waals surface area contributed by atoms with Crippen molar-refractivity contribution in [1.82, 2.24) is 14.8 Å². The number of aromatic nitrogens is 1. The second-order valence-corrected chi connectivity index (χ2v) is 4.52. The zero-order valence-corrected chi connectivity index (χ0v) is 10.8. The predicted molar refractivity (Wildman–Crippen MR) is 69.5 cm³/mol. The van der Waals surface area contributed by atoms with Gasteiger partial charge in [-0.1, -0.05) is 13.0 Å². The van der Waals surface area contributed by atoms with Gasteiger partial charge in [0.2, 0.25) is 11.8 Å². The average Bonchev–Trinajstić information content (AvgIpc) is 2.41. The minimum absolute atomic E-state index is 0.0664. The highest BCUT2D eigenvalue weighted by Gasteiger charge is 2.30. The van der Waals surface area contributed by atoms with Crippen LogP contribution in [0.25, 0.3) is 0 Å². The number of carbonyl (C=O) groups is 2. The van der Waals surface area contributed by atoms with E-state index in [2.05, 4.69) is 5.32 Å². The highest BCUT2D eigenvalue weighted by atomic mass is 16.2. The third kappa shape index (κ3) is 3.01. The van der Waals surface area contributed by atoms with Crippen molar-refractivity contribution in [2.45, 2.75) is 25.9 Å². The van der Waals surface area contributed by atoms with E-state index in [4.69, 9.17) is 0 Å². The maximum Gasteiger partial charge on any atom is 0.250 e. The summed E-state index contributed by atoms with van der Waals surface area (Å²) >= 11 is 0. The predicted octanol–water partition coefficient (Wildman–Crippen LogP) is -0.415. The van der Waals surface area contributed by atoms with E-state index in [1.807, 2.05) is 6.92 Å². The van der Waals surface area contributed by atoms with Crippen LogP contribution in [-0.2, 0) is 16.1 Å². The molecule has 0 saturated carbocycles. The summed E-state index contributed by atoms with van der Waals surface area (Å²) in [5.74, 6) is -0.224. The van der Waals surface area contributed by atoms with Gasteiger partial charge in [0, 0.05) is 25.4 Å². The maximum absolute atomic E-state index is 12.0. The molecule has 6 heteroatoms. The van der Waals surface area contributed by atoms with Gasteiger partial charge in [-0.05, 0) is 12.5 Å². The lowest BCUT2D eigenvalue weighted by molar-refractivity contribution is -0.144. The molecule has 2 heterocycles. The molecule has 0 aromatic carbocycles. The van der Waals surface area contributed by atoms with Gasteiger partial charge < -0.3 is 14.8 Å². The second kappa shape index (κ2) is 5.69. The second-order valence-electron chi connectivity index (χ2n) is 4.52. The molecule has 1 aliphatic rings. The minimum atomic E-state index is -0.436. The number of amides is 2. The van der Waals surface area contributed by atoms with Crippen LogP contribution in [-0.4, -0.2) is 40.4 Å². The summed E-state index contributed by atoms with van der Waals surface area (Å²) in [4.78, 5) is 36.6. The summed E-state index contributed by atoms with van der Waals surface area (Å²) in [5.41, 5.74) is -0.108. The third-order valence-corrected chi connectivity index (χ3v) is 3.20. The van der Waals surface area contributed by atoms with Crippen LogP contribution < -0.4 is 10.9 Å². The summed E-state index contributed by atoms with van der Waals surface area (Å²) in [5, 5.41) is 2.66. The first-order valence-electron chi connectivity index (χ1n) is 6.35. The fourth-order valence-electron chi connectivity index (χ4n) is 2.11. The Morgan fingerprint density at radius 2 is 2.05 bits per heavy atom. The smallest absolute Gasteiger partial charge is 0.250 e. The molecule has 19 heavy (non-hydrogen) atoms. The van der Waals surface area contributed by atoms with Gasteiger partial charge in [-0.25, -0.2) is 0 Å². The van der Waals surface area contributed by atoms with Gasteiger partial charge in [0.15, 0.2) is 0 Å². The topological polar surface area (TPSA) is 71.4 Å². The molecule has 6 nitrogen and oxygen atoms in total. The Morgan fingerprint density at radius 1 is 1.26 bits per heavy atom. The van der Waals surface area contributed by atoms with Crippen molar-refractivity contribution in [3.05, 3.63) is 34.7 Å². The Morgan fingerprint density at radius 3 is 2.74 bits per heavy atom. The van der Waals surface area contributed by atoms with E-state index in [0.717, 1.165) is 0 Å². The lowest BCUT2D eigenvalue weighted by Gasteiger charge is -2.32. The van der Waals surface area contributed by atoms with Crippen molar-refractivity contribution in [1.29, 1.82) is 0 Å². The first-order valence-corrected chi connectivity index (χ1v) is 6.35. The molecule has 1 atom stereocenters. The molecule has 1 aliphatic heterocycles. The zero-order valence-electron chi connectivity index (χ0n) is 10.8. The Bertz CT molecular complexity index is 538. The number of nitrogens with one attached hydrogen (secondary N) is 1. The van der Waals surface area contributed by atoms with Crippen LogP contribution in [0.3, 0.4) is 0 Å². The molecule has 1 unspecified atom stereocenters. The van der Waals surface area contributed by atoms with E-state index in [0.29, 0.717) is 19.5 Å². The van der Waals surface area contributed by atoms with Crippen LogP contribution in [0, 0.1) is 0 Å². The van der Waals surface area contributed by atoms with Crippen molar-refractivity contribution in [2.75, 3.05) is 13.1 Å². The molecule has 0 spiro atoms. The molecule has 1 N–H and O–H groups in total. The molecule has 1 aromatic rings. The molecule has 2 rings (SSSR count). The van der Waals surface area contributed by atoms with Gasteiger partial charge in [-0.15, -0.1) is 0 Å². The van der Waals surface area contributed by atoms with Gasteiger partial charge in [-0.3, -0.25) is 14.4 Å². The molecular formula is C13H17N3O3. The van der Waals surface area contributed by atoms with Gasteiger partial charge >= 0.3 is 0 Å². The fraction of sp³-hybridized carbons (Fsp3) is 0.462. The molecule has 2 amide bonds. The Kier molecular flexibility index (Phi) is 3.99. The van der Waals surface area contributed by atoms with E-state index >= 15 is 0 Å². The lowest BCUT2D eigenvalue weighted by Crippen LogP contribution is -2.58. The number of rotatable bonds is 4. The summed E-state index contributed by atoms with van der Waals surface area (Å²) in [6.45, 7) is 2.69. The van der Waals surface area contributed by atoms with Crippen molar-refractivity contribution >= 4 is 11.8 Å². The minimum Gasteiger partial charge on any atom is -0.343 e. The first kappa shape index (κ1) is 13.3. The van der Waals surface area contributed by atoms with Crippen molar-refractivity contribution < 1.29 is 9.59 Å². The SMILES string of the molecule is CCC1NC(=O)CN(CCn2ccccc2=O)C1=O. The first-order chi connectivity index (χ1) is 9.11. The van der Waals surface area contributed by atoms with E-state index in [9.17, 15) is 14.4 Å². The molecule has 0 aliphatic carbocycles. The molecule has 1 fully saturated rings. The third-order valence-electron chi connectivity index (χ3n) is 3.20. The van der Waals surface area contributed by atoms with E-state index in [1.54, 1.807) is 18.3 Å². The quantitative estimate of drug-likeness (QED) is 0.802. The monoisotopic (exact) mass is 263 g/mol. The molecular weight excluding hydrogens is 246 g/mol. The number of piperazine rings is 1. The van der Waals surface area contributed by atoms with Crippen molar-refractivity contribution in [3.8, 4) is 0 Å². The zero-order chi connectivity index (χ0) is 13.8. The largest absolute Gasteiger partial charge is 0.343 e. The van der Waals surface area contributed by atoms with Crippen LogP contribution in [0.2, 0.25) is 0 Å². The molecule has 102 valence electrons. The number of hydrogen-bond acceptors (Lipinski definition) is 3. The van der Waals surface area contributed by atoms with Gasteiger partial charge in [0.05, 0.1) is 6.54 Å². The van der Waals surface area contributed by atoms with E-state index < -0.39 is 6.04 Å². The Labute approximate surface area is 111 Å². The maximum atomic E-state index is 12.0. The molecule has 0 bridgehead atoms. The van der Waals surface area contributed by atoms with Crippen LogP contribution in [0.4, 0.5) is 0 Å². The normalized spacial score (nSPS) is 19.4. The van der Waals surface area contributed by atoms with Crippen molar-refractivity contribution in [2.24, 2.45) is 0 Å². The molecule has 1 saturated heterocycles. The number of nitrogens with zero attached hydrogens (tertiary/aromatic N) is 2. The number of carbonyl (C=O) groups excluding carboxylic acids is 2. The van der Waals surface area contributed by atoms with E-state index in [-0.39, 0.29) is 23.9 Å². The Balaban J connectivity index is 2.02. The highest BCUT2D eigenvalue weighted by Crippen LogP contribution is 2.05. The number of pyridine rings is 1. The molecule has 1 aromatic heterocycles. The summed E-state index contributed by atoms with van der Waals surface area (Å²) in [6.07, 6.45) is 2.25. The van der Waals surface area contributed by atoms with Gasteiger partial charge in [0.1, 0.15) is 6.04 Å². The number of hydrogen-bond donors (Lipinski definition) is 1. The van der Waals surface area contributed by atoms with Crippen molar-refractivity contribution in [3.63, 3.8) is 0 Å². The van der Waals surface area contributed by atoms with Crippen LogP contribution in [0.15, 0.2) is 29.2 Å². The standard InChI is InChI=1S/C13H17N3O3/c1-2-10-13(19)16(9-11(17)14-10)8-7-15-6-4-3-5-12(15)18/h3-6,10H,2,7-9H2,1H3,(H,14,17). The van der Waals surface area contributed by atoms with Crippen LogP contribution >= 0.6 is 0 Å². The van der Waals surface area contributed by atoms with Gasteiger partial charge in [-0.2, -0.15) is 0 Å². The van der Waals surface area contributed by atoms with Crippen LogP contribution in [0.1, 0.15) is 13.3 Å². The van der Waals surface area contributed by atoms with Crippen LogP contribution in [0.5, 0.6) is 0 Å². The summed E-state index contributed by atoms with van der Waals surface area (Å²) in [6, 6.07) is 4.47. The average molecular weight is 263 g/mol.